The zero-order valence-electron chi connectivity index (χ0n) is 13.8. The second-order valence-electron chi connectivity index (χ2n) is 6.05. The Bertz CT molecular complexity index is 707. The lowest BCUT2D eigenvalue weighted by molar-refractivity contribution is -0.0107. The number of hydrogen-bond donors (Lipinski definition) is 0. The summed E-state index contributed by atoms with van der Waals surface area (Å²) in [5.41, 5.74) is 0.753. The highest BCUT2D eigenvalue weighted by Crippen LogP contribution is 2.29. The van der Waals surface area contributed by atoms with Crippen molar-refractivity contribution in [3.63, 3.8) is 0 Å². The predicted molar refractivity (Wildman–Crippen MR) is 86.8 cm³/mol. The van der Waals surface area contributed by atoms with Crippen LogP contribution in [0.4, 0.5) is 0 Å². The summed E-state index contributed by atoms with van der Waals surface area (Å²) >= 11 is 1.64. The number of ether oxygens (including phenoxy) is 1. The Hall–Kier alpha value is -1.73. The summed E-state index contributed by atoms with van der Waals surface area (Å²) in [6.45, 7) is 9.41. The summed E-state index contributed by atoms with van der Waals surface area (Å²) in [6, 6.07) is 1.62. The fraction of sp³-hybridized carbons (Fsp3) is 0.562. The molecule has 2 aromatic rings. The second kappa shape index (κ2) is 6.41. The van der Waals surface area contributed by atoms with Gasteiger partial charge in [0.2, 0.25) is 11.8 Å². The van der Waals surface area contributed by atoms with Crippen molar-refractivity contribution in [3.8, 4) is 0 Å². The first-order valence-electron chi connectivity index (χ1n) is 7.76. The van der Waals surface area contributed by atoms with Gasteiger partial charge in [0, 0.05) is 22.2 Å². The maximum atomic E-state index is 12.9. The molecule has 124 valence electrons. The van der Waals surface area contributed by atoms with E-state index in [-0.39, 0.29) is 17.9 Å². The van der Waals surface area contributed by atoms with Gasteiger partial charge < -0.3 is 14.1 Å². The molecule has 0 N–H and O–H groups in total. The summed E-state index contributed by atoms with van der Waals surface area (Å²) < 4.78 is 11.3. The number of amides is 1. The normalized spacial score (nSPS) is 18.7. The van der Waals surface area contributed by atoms with E-state index < -0.39 is 0 Å². The van der Waals surface area contributed by atoms with Crippen molar-refractivity contribution >= 4 is 17.2 Å². The van der Waals surface area contributed by atoms with Gasteiger partial charge in [0.05, 0.1) is 18.8 Å². The first-order valence-corrected chi connectivity index (χ1v) is 8.58. The van der Waals surface area contributed by atoms with Crippen molar-refractivity contribution in [2.45, 2.75) is 39.7 Å². The van der Waals surface area contributed by atoms with E-state index in [1.54, 1.807) is 16.2 Å². The molecule has 6 nitrogen and oxygen atoms in total. The van der Waals surface area contributed by atoms with Gasteiger partial charge in [-0.3, -0.25) is 4.79 Å². The van der Waals surface area contributed by atoms with Crippen molar-refractivity contribution in [1.82, 2.24) is 15.1 Å². The van der Waals surface area contributed by atoms with Crippen molar-refractivity contribution in [2.75, 3.05) is 19.8 Å². The number of rotatable bonds is 3. The maximum Gasteiger partial charge on any atom is 0.255 e. The quantitative estimate of drug-likeness (QED) is 0.862. The van der Waals surface area contributed by atoms with Gasteiger partial charge in [0.25, 0.3) is 5.91 Å². The summed E-state index contributed by atoms with van der Waals surface area (Å²) in [5.74, 6) is 1.20. The number of carbonyl (C=O) groups excluding carboxylic acids is 1. The summed E-state index contributed by atoms with van der Waals surface area (Å²) in [7, 11) is 0. The van der Waals surface area contributed by atoms with Gasteiger partial charge in [0.15, 0.2) is 0 Å². The number of morpholine rings is 1. The lowest BCUT2D eigenvalue weighted by atomic mass is 10.1. The standard InChI is InChI=1S/C16H21N3O3S/c1-9(2)14-17-18-15(22-14)13-8-21-6-5-19(13)16(20)12-7-10(3)23-11(12)4/h7,9,13H,5-6,8H2,1-4H3/t13-/m0/s1. The molecule has 0 unspecified atom stereocenters. The first-order chi connectivity index (χ1) is 11.0. The highest BCUT2D eigenvalue weighted by Gasteiger charge is 2.34. The molecule has 1 atom stereocenters. The average molecular weight is 335 g/mol. The van der Waals surface area contributed by atoms with Crippen molar-refractivity contribution in [1.29, 1.82) is 0 Å². The third-order valence-corrected chi connectivity index (χ3v) is 4.86. The highest BCUT2D eigenvalue weighted by atomic mass is 32.1. The molecular formula is C16H21N3O3S. The Balaban J connectivity index is 1.89. The van der Waals surface area contributed by atoms with Gasteiger partial charge in [-0.15, -0.1) is 21.5 Å². The van der Waals surface area contributed by atoms with E-state index in [1.165, 1.54) is 0 Å². The lowest BCUT2D eigenvalue weighted by Gasteiger charge is -2.33. The van der Waals surface area contributed by atoms with Crippen LogP contribution in [0.25, 0.3) is 0 Å². The van der Waals surface area contributed by atoms with Crippen molar-refractivity contribution < 1.29 is 13.9 Å². The molecule has 3 rings (SSSR count). The molecule has 1 fully saturated rings. The van der Waals surface area contributed by atoms with Crippen LogP contribution >= 0.6 is 11.3 Å². The zero-order chi connectivity index (χ0) is 16.6. The van der Waals surface area contributed by atoms with E-state index in [1.807, 2.05) is 33.8 Å². The monoisotopic (exact) mass is 335 g/mol. The van der Waals surface area contributed by atoms with Gasteiger partial charge in [-0.1, -0.05) is 13.8 Å². The first kappa shape index (κ1) is 16.1. The number of nitrogens with zero attached hydrogens (tertiary/aromatic N) is 3. The SMILES string of the molecule is Cc1cc(C(=O)N2CCOC[C@H]2c2nnc(C(C)C)o2)c(C)s1. The lowest BCUT2D eigenvalue weighted by Crippen LogP contribution is -2.43. The fourth-order valence-corrected chi connectivity index (χ4v) is 3.58. The molecule has 7 heteroatoms. The van der Waals surface area contributed by atoms with E-state index in [9.17, 15) is 4.79 Å². The van der Waals surface area contributed by atoms with Crippen LogP contribution < -0.4 is 0 Å². The molecule has 1 saturated heterocycles. The minimum Gasteiger partial charge on any atom is -0.423 e. The van der Waals surface area contributed by atoms with Crippen LogP contribution in [0.2, 0.25) is 0 Å². The van der Waals surface area contributed by atoms with Crippen LogP contribution in [0.3, 0.4) is 0 Å². The number of hydrogen-bond acceptors (Lipinski definition) is 6. The molecule has 3 heterocycles. The summed E-state index contributed by atoms with van der Waals surface area (Å²) in [6.07, 6.45) is 0. The molecule has 0 aromatic carbocycles. The van der Waals surface area contributed by atoms with Crippen LogP contribution in [0, 0.1) is 13.8 Å². The Kier molecular flexibility index (Phi) is 4.50. The predicted octanol–water partition coefficient (Wildman–Crippen LogP) is 3.09. The molecule has 0 bridgehead atoms. The maximum absolute atomic E-state index is 12.9. The minimum atomic E-state index is -0.323. The topological polar surface area (TPSA) is 68.5 Å². The van der Waals surface area contributed by atoms with Gasteiger partial charge in [-0.25, -0.2) is 0 Å². The third kappa shape index (κ3) is 3.16. The summed E-state index contributed by atoms with van der Waals surface area (Å²) in [5, 5.41) is 8.20. The van der Waals surface area contributed by atoms with E-state index in [4.69, 9.17) is 9.15 Å². The number of carbonyl (C=O) groups is 1. The molecular weight excluding hydrogens is 314 g/mol. The highest BCUT2D eigenvalue weighted by molar-refractivity contribution is 7.12. The Morgan fingerprint density at radius 3 is 2.78 bits per heavy atom. The second-order valence-corrected chi connectivity index (χ2v) is 7.51. The number of aryl methyl sites for hydroxylation is 2. The minimum absolute atomic E-state index is 0.00412. The largest absolute Gasteiger partial charge is 0.423 e. The van der Waals surface area contributed by atoms with Gasteiger partial charge in [0.1, 0.15) is 6.04 Å². The number of aromatic nitrogens is 2. The Morgan fingerprint density at radius 1 is 1.39 bits per heavy atom. The Morgan fingerprint density at radius 2 is 2.17 bits per heavy atom. The molecule has 2 aromatic heterocycles. The van der Waals surface area contributed by atoms with E-state index in [0.717, 1.165) is 15.3 Å². The molecule has 0 aliphatic carbocycles. The van der Waals surface area contributed by atoms with Crippen LogP contribution in [0.1, 0.15) is 57.7 Å². The summed E-state index contributed by atoms with van der Waals surface area (Å²) in [4.78, 5) is 16.9. The van der Waals surface area contributed by atoms with Crippen LogP contribution in [-0.2, 0) is 4.74 Å². The van der Waals surface area contributed by atoms with Crippen LogP contribution in [0.5, 0.6) is 0 Å². The average Bonchev–Trinajstić information content (AvgIpc) is 3.13. The van der Waals surface area contributed by atoms with Crippen molar-refractivity contribution in [3.05, 3.63) is 33.2 Å². The van der Waals surface area contributed by atoms with E-state index >= 15 is 0 Å². The third-order valence-electron chi connectivity index (χ3n) is 3.90. The molecule has 0 radical (unpaired) electrons. The van der Waals surface area contributed by atoms with Crippen molar-refractivity contribution in [2.24, 2.45) is 0 Å². The smallest absolute Gasteiger partial charge is 0.255 e. The molecule has 23 heavy (non-hydrogen) atoms. The van der Waals surface area contributed by atoms with Crippen LogP contribution in [-0.4, -0.2) is 40.8 Å². The Labute approximate surface area is 139 Å². The van der Waals surface area contributed by atoms with Gasteiger partial charge >= 0.3 is 0 Å². The molecule has 1 aliphatic heterocycles. The molecule has 1 amide bonds. The molecule has 0 spiro atoms. The molecule has 0 saturated carbocycles. The van der Waals surface area contributed by atoms with Gasteiger partial charge in [-0.2, -0.15) is 0 Å². The fourth-order valence-electron chi connectivity index (χ4n) is 2.66. The van der Waals surface area contributed by atoms with Gasteiger partial charge in [-0.05, 0) is 19.9 Å². The zero-order valence-corrected chi connectivity index (χ0v) is 14.6. The van der Waals surface area contributed by atoms with E-state index in [0.29, 0.717) is 31.5 Å². The van der Waals surface area contributed by atoms with E-state index in [2.05, 4.69) is 10.2 Å². The van der Waals surface area contributed by atoms with Crippen LogP contribution in [0.15, 0.2) is 10.5 Å². The number of thiophene rings is 1. The molecule has 1 aliphatic rings.